The minimum absolute atomic E-state index is 0. The van der Waals surface area contributed by atoms with Gasteiger partial charge >= 0.3 is 48.9 Å². The molecule has 380 valence electrons. The molecule has 0 heterocycles. The van der Waals surface area contributed by atoms with Crippen molar-refractivity contribution in [3.8, 4) is 23.0 Å². The average molecular weight is 1220 g/mol. The van der Waals surface area contributed by atoms with Crippen LogP contribution < -0.4 is 25.0 Å². The molecule has 8 rings (SSSR count). The Kier molecular flexibility index (Phi) is 19.3. The van der Waals surface area contributed by atoms with Crippen LogP contribution in [0, 0.1) is 0 Å². The van der Waals surface area contributed by atoms with Crippen LogP contribution in [-0.4, -0.2) is 106 Å². The van der Waals surface area contributed by atoms with Gasteiger partial charge in [-0.1, -0.05) is 116 Å². The molecule has 0 aliphatic heterocycles. The number of aromatic hydroxyl groups is 1. The summed E-state index contributed by atoms with van der Waals surface area (Å²) in [7, 11) is -6.39. The summed E-state index contributed by atoms with van der Waals surface area (Å²) >= 11 is 12.7. The van der Waals surface area contributed by atoms with E-state index in [0.717, 1.165) is 6.07 Å². The third-order valence-electron chi connectivity index (χ3n) is 11.2. The Morgan fingerprint density at radius 2 is 1.08 bits per heavy atom. The Labute approximate surface area is 481 Å². The van der Waals surface area contributed by atoms with Crippen LogP contribution in [0.2, 0.25) is 10.0 Å². The van der Waals surface area contributed by atoms with Crippen LogP contribution in [0.3, 0.4) is 0 Å². The van der Waals surface area contributed by atoms with Crippen molar-refractivity contribution in [3.63, 3.8) is 0 Å². The molecular weight excluding hydrogens is 1170 g/mol. The van der Waals surface area contributed by atoms with E-state index in [0.29, 0.717) is 68.4 Å². The first-order chi connectivity index (χ1) is 35.3. The van der Waals surface area contributed by atoms with E-state index >= 15 is 0 Å². The molecular formula is C52H42BaCl2N6O12S2. The second-order valence-corrected chi connectivity index (χ2v) is 19.3. The fraction of sp³-hybridized carbons (Fsp3) is 0.115. The zero-order chi connectivity index (χ0) is 53.5. The molecule has 4 N–H and O–H groups in total. The summed E-state index contributed by atoms with van der Waals surface area (Å²) in [5, 5.41) is 58.2. The average Bonchev–Trinajstić information content (AvgIpc) is 3.37. The van der Waals surface area contributed by atoms with Crippen molar-refractivity contribution in [1.82, 2.24) is 0 Å². The minimum Gasteiger partial charge on any atom is -0.871 e. The van der Waals surface area contributed by atoms with E-state index in [9.17, 15) is 46.1 Å². The molecule has 0 aliphatic rings. The van der Waals surface area contributed by atoms with E-state index in [1.54, 1.807) is 104 Å². The molecule has 18 nitrogen and oxygen atoms in total. The van der Waals surface area contributed by atoms with E-state index in [4.69, 9.17) is 32.7 Å². The van der Waals surface area contributed by atoms with Gasteiger partial charge in [-0.3, -0.25) is 18.9 Å². The van der Waals surface area contributed by atoms with Gasteiger partial charge in [0.25, 0.3) is 26.1 Å². The van der Waals surface area contributed by atoms with Gasteiger partial charge in [-0.25, -0.2) is 0 Å². The molecule has 0 atom stereocenters. The number of nitrogens with one attached hydrogen (secondary N) is 1. The van der Waals surface area contributed by atoms with Gasteiger partial charge in [0.15, 0.2) is 5.75 Å². The first-order valence-electron chi connectivity index (χ1n) is 22.0. The molecule has 23 heteroatoms. The van der Waals surface area contributed by atoms with Crippen LogP contribution in [0.25, 0.3) is 21.5 Å². The Morgan fingerprint density at radius 1 is 0.613 bits per heavy atom. The number of rotatable bonds is 14. The van der Waals surface area contributed by atoms with Crippen LogP contribution in [-0.2, 0) is 33.1 Å². The van der Waals surface area contributed by atoms with E-state index in [1.165, 1.54) is 44.6 Å². The van der Waals surface area contributed by atoms with Crippen LogP contribution >= 0.6 is 23.2 Å². The van der Waals surface area contributed by atoms with E-state index in [2.05, 4.69) is 30.8 Å². The van der Waals surface area contributed by atoms with E-state index in [1.807, 2.05) is 6.92 Å². The first kappa shape index (κ1) is 57.9. The Balaban J connectivity index is 0.000000241. The molecule has 0 radical (unpaired) electrons. The number of hydrogen-bond donors (Lipinski definition) is 4. The maximum absolute atomic E-state index is 13.4. The molecule has 8 aromatic carbocycles. The maximum atomic E-state index is 13.4. The number of amides is 1. The molecule has 0 aromatic heterocycles. The molecule has 0 saturated carbocycles. The SMILES string of the molecule is CCc1ccc(S(=O)(=O)O)c(N=Nc2c(O)c(C(=O)Nc3cccc(OC)c3)cc3ccccc23)c1Cl.CCc1ccc(S(=O)(=O)O)c(N=Nc2c([O-])c(C([O-])=Nc3cccc(OC)c3)cc3ccccc23)c1Cl.[Ba+2]. The van der Waals surface area contributed by atoms with Gasteiger partial charge in [0.05, 0.1) is 41.2 Å². The van der Waals surface area contributed by atoms with Crippen molar-refractivity contribution in [2.45, 2.75) is 36.5 Å². The first-order valence-corrected chi connectivity index (χ1v) is 25.7. The fourth-order valence-electron chi connectivity index (χ4n) is 7.44. The zero-order valence-electron chi connectivity index (χ0n) is 40.1. The fourth-order valence-corrected chi connectivity index (χ4v) is 9.48. The van der Waals surface area contributed by atoms with Crippen molar-refractivity contribution in [1.29, 1.82) is 0 Å². The summed E-state index contributed by atoms with van der Waals surface area (Å²) in [5.41, 5.74) is 0.678. The van der Waals surface area contributed by atoms with Crippen molar-refractivity contribution in [2.24, 2.45) is 25.4 Å². The van der Waals surface area contributed by atoms with Crippen molar-refractivity contribution in [3.05, 3.63) is 166 Å². The minimum atomic E-state index is -4.70. The third-order valence-corrected chi connectivity index (χ3v) is 13.8. The molecule has 0 saturated heterocycles. The van der Waals surface area contributed by atoms with Crippen LogP contribution in [0.4, 0.5) is 34.1 Å². The Hall–Kier alpha value is -6.41. The number of anilines is 1. The van der Waals surface area contributed by atoms with Crippen LogP contribution in [0.1, 0.15) is 40.9 Å². The van der Waals surface area contributed by atoms with Gasteiger partial charge < -0.3 is 30.1 Å². The van der Waals surface area contributed by atoms with Crippen LogP contribution in [0.15, 0.2) is 169 Å². The number of halogens is 2. The number of fused-ring (bicyclic) bond motifs is 2. The second kappa shape index (κ2) is 25.0. The predicted molar refractivity (Wildman–Crippen MR) is 285 cm³/mol. The smallest absolute Gasteiger partial charge is 0.871 e. The van der Waals surface area contributed by atoms with Gasteiger partial charge in [-0.05, 0) is 94.7 Å². The largest absolute Gasteiger partial charge is 2.00 e. The number of carbonyl (C=O) groups excluding carboxylic acids is 1. The predicted octanol–water partition coefficient (Wildman–Crippen LogP) is 11.5. The monoisotopic (exact) mass is 1210 g/mol. The number of aliphatic imine (C=N–C) groups is 1. The summed E-state index contributed by atoms with van der Waals surface area (Å²) < 4.78 is 77.4. The Morgan fingerprint density at radius 3 is 1.60 bits per heavy atom. The number of hydrogen-bond acceptors (Lipinski definition) is 15. The summed E-state index contributed by atoms with van der Waals surface area (Å²) in [6.07, 6.45) is 0.930. The third kappa shape index (κ3) is 13.3. The number of phenolic OH excluding ortho intramolecular Hbond substituents is 1. The summed E-state index contributed by atoms with van der Waals surface area (Å²) in [6, 6.07) is 35.0. The molecule has 0 spiro atoms. The zero-order valence-corrected chi connectivity index (χ0v) is 47.7. The number of benzene rings is 8. The van der Waals surface area contributed by atoms with Crippen molar-refractivity contribution < 1.29 is 55.5 Å². The number of nitrogens with zero attached hydrogens (tertiary/aromatic N) is 5. The normalized spacial score (nSPS) is 11.9. The van der Waals surface area contributed by atoms with Gasteiger partial charge in [-0.15, -0.1) is 15.3 Å². The second-order valence-electron chi connectivity index (χ2n) is 15.8. The summed E-state index contributed by atoms with van der Waals surface area (Å²) in [6.45, 7) is 3.62. The van der Waals surface area contributed by atoms with Gasteiger partial charge in [-0.2, -0.15) is 21.9 Å². The molecule has 8 aromatic rings. The molecule has 0 unspecified atom stereocenters. The molecule has 1 amide bonds. The number of ether oxygens (including phenoxy) is 2. The molecule has 0 aliphatic carbocycles. The maximum Gasteiger partial charge on any atom is 2.00 e. The van der Waals surface area contributed by atoms with Crippen molar-refractivity contribution >= 4 is 160 Å². The van der Waals surface area contributed by atoms with Crippen molar-refractivity contribution in [2.75, 3.05) is 19.5 Å². The summed E-state index contributed by atoms with van der Waals surface area (Å²) in [4.78, 5) is 16.0. The number of aryl methyl sites for hydroxylation is 2. The number of azo groups is 2. The van der Waals surface area contributed by atoms with Crippen LogP contribution in [0.5, 0.6) is 23.0 Å². The quantitative estimate of drug-likeness (QED) is 0.0260. The number of phenols is 1. The van der Waals surface area contributed by atoms with Gasteiger partial charge in [0.2, 0.25) is 0 Å². The standard InChI is InChI=1S/2C26H22ClN3O6S.Ba/c2*1-3-15-11-12-21(37(33,34)35)24(22(15)27)30-29-23-19-10-5-4-7-16(19)13-20(25(23)31)26(32)28-17-8-6-9-18(14-17)36-2;/h2*4-14,31H,3H2,1-2H3,(H,28,32)(H,33,34,35);/q;;+2/p-2. The number of carbonyl (C=O) groups is 1. The molecule has 75 heavy (non-hydrogen) atoms. The molecule has 0 bridgehead atoms. The summed E-state index contributed by atoms with van der Waals surface area (Å²) in [5.74, 6) is -1.61. The molecule has 0 fully saturated rings. The van der Waals surface area contributed by atoms with Gasteiger partial charge in [0.1, 0.15) is 38.4 Å². The Bertz CT molecular complexity index is 3830. The van der Waals surface area contributed by atoms with E-state index < -0.39 is 53.3 Å². The van der Waals surface area contributed by atoms with Gasteiger partial charge in [0, 0.05) is 28.6 Å². The topological polar surface area (TPSA) is 284 Å². The van der Waals surface area contributed by atoms with E-state index in [-0.39, 0.29) is 92.8 Å². The number of methoxy groups -OCH3 is 2.